The summed E-state index contributed by atoms with van der Waals surface area (Å²) in [5.41, 5.74) is 5.53. The summed E-state index contributed by atoms with van der Waals surface area (Å²) in [7, 11) is 0.0782. The van der Waals surface area contributed by atoms with Crippen LogP contribution >= 0.6 is 0 Å². The lowest BCUT2D eigenvalue weighted by molar-refractivity contribution is 0.177. The molecule has 0 bridgehead atoms. The summed E-state index contributed by atoms with van der Waals surface area (Å²) in [5, 5.41) is 0. The smallest absolute Gasteiger partial charge is 0.383 e. The van der Waals surface area contributed by atoms with Gasteiger partial charge in [0.25, 0.3) is 0 Å². The van der Waals surface area contributed by atoms with Crippen molar-refractivity contribution in [1.29, 1.82) is 0 Å². The molecule has 0 aromatic heterocycles. The largest absolute Gasteiger partial charge is 0.427 e. The number of hydrogen-bond acceptors (Lipinski definition) is 4. The van der Waals surface area contributed by atoms with Gasteiger partial charge in [-0.2, -0.15) is 0 Å². The van der Waals surface area contributed by atoms with Crippen LogP contribution in [-0.2, 0) is 8.85 Å². The number of likely N-dealkylation sites (N-methyl/N-ethyl adjacent to an activating group) is 1. The molecule has 0 aromatic rings. The summed E-state index contributed by atoms with van der Waals surface area (Å²) in [6, 6.07) is 1.00. The van der Waals surface area contributed by atoms with E-state index >= 15 is 0 Å². The highest BCUT2D eigenvalue weighted by Crippen LogP contribution is 2.24. The lowest BCUT2D eigenvalue weighted by Gasteiger charge is -2.30. The summed E-state index contributed by atoms with van der Waals surface area (Å²) in [4.78, 5) is 0. The Morgan fingerprint density at radius 3 is 2.86 bits per heavy atom. The first-order valence-corrected chi connectivity index (χ1v) is 7.41. The highest BCUT2D eigenvalue weighted by atomic mass is 28.4. The second kappa shape index (κ2) is 5.82. The minimum absolute atomic E-state index is 0.724. The Balaban J connectivity index is 2.49. The molecule has 84 valence electrons. The first-order valence-electron chi connectivity index (χ1n) is 5.44. The molecule has 1 fully saturated rings. The number of nitrogens with two attached hydrogens (primary N) is 1. The molecule has 0 spiro atoms. The molecule has 0 aromatic carbocycles. The van der Waals surface area contributed by atoms with Gasteiger partial charge in [0.05, 0.1) is 0 Å². The molecule has 0 amide bonds. The fourth-order valence-electron chi connectivity index (χ4n) is 1.70. The Labute approximate surface area is 87.7 Å². The standard InChI is InChI=1S/C9H22N2O2Si/c1-3-7-12-14(9-4-5-10)11(2)6-8-13-14/h3-10H2,1-2H3. The fraction of sp³-hybridized carbons (Fsp3) is 1.00. The van der Waals surface area contributed by atoms with Crippen molar-refractivity contribution in [2.75, 3.05) is 33.4 Å². The summed E-state index contributed by atoms with van der Waals surface area (Å²) >= 11 is 0. The van der Waals surface area contributed by atoms with Crippen LogP contribution < -0.4 is 5.73 Å². The van der Waals surface area contributed by atoms with Gasteiger partial charge in [-0.1, -0.05) is 6.92 Å². The molecule has 1 heterocycles. The van der Waals surface area contributed by atoms with E-state index in [2.05, 4.69) is 18.5 Å². The van der Waals surface area contributed by atoms with E-state index in [1.807, 2.05) is 0 Å². The van der Waals surface area contributed by atoms with Gasteiger partial charge in [0.15, 0.2) is 0 Å². The maximum atomic E-state index is 5.94. The highest BCUT2D eigenvalue weighted by molar-refractivity contribution is 6.65. The average molecular weight is 218 g/mol. The monoisotopic (exact) mass is 218 g/mol. The van der Waals surface area contributed by atoms with Crippen molar-refractivity contribution in [3.63, 3.8) is 0 Å². The number of hydrogen-bond donors (Lipinski definition) is 1. The maximum absolute atomic E-state index is 5.94. The second-order valence-corrected chi connectivity index (χ2v) is 6.99. The van der Waals surface area contributed by atoms with Crippen LogP contribution in [0.4, 0.5) is 0 Å². The van der Waals surface area contributed by atoms with Gasteiger partial charge in [-0.3, -0.25) is 4.57 Å². The van der Waals surface area contributed by atoms with Crippen LogP contribution in [0.1, 0.15) is 19.8 Å². The molecule has 0 aliphatic carbocycles. The third kappa shape index (κ3) is 2.77. The van der Waals surface area contributed by atoms with Crippen molar-refractivity contribution in [1.82, 2.24) is 4.57 Å². The Morgan fingerprint density at radius 1 is 1.57 bits per heavy atom. The van der Waals surface area contributed by atoms with E-state index in [1.54, 1.807) is 0 Å². The van der Waals surface area contributed by atoms with Crippen molar-refractivity contribution in [2.45, 2.75) is 25.8 Å². The van der Waals surface area contributed by atoms with E-state index in [1.165, 1.54) is 0 Å². The Bertz CT molecular complexity index is 161. The van der Waals surface area contributed by atoms with E-state index in [9.17, 15) is 0 Å². The summed E-state index contributed by atoms with van der Waals surface area (Å²) < 4.78 is 14.1. The summed E-state index contributed by atoms with van der Waals surface area (Å²) in [6.07, 6.45) is 2.05. The molecule has 0 saturated carbocycles. The minimum atomic E-state index is -2.02. The lowest BCUT2D eigenvalue weighted by Crippen LogP contribution is -2.51. The number of nitrogens with zero attached hydrogens (tertiary/aromatic N) is 1. The number of rotatable bonds is 6. The molecular formula is C9H22N2O2Si. The molecule has 1 atom stereocenters. The quantitative estimate of drug-likeness (QED) is 0.666. The van der Waals surface area contributed by atoms with Crippen LogP contribution in [-0.4, -0.2) is 46.6 Å². The molecule has 4 nitrogen and oxygen atoms in total. The first-order chi connectivity index (χ1) is 6.75. The van der Waals surface area contributed by atoms with Crippen LogP contribution in [0.2, 0.25) is 6.04 Å². The second-order valence-electron chi connectivity index (χ2n) is 3.72. The molecule has 14 heavy (non-hydrogen) atoms. The zero-order valence-corrected chi connectivity index (χ0v) is 10.3. The van der Waals surface area contributed by atoms with E-state index in [4.69, 9.17) is 14.6 Å². The Kier molecular flexibility index (Phi) is 5.04. The molecule has 5 heteroatoms. The van der Waals surface area contributed by atoms with Crippen LogP contribution in [0.25, 0.3) is 0 Å². The average Bonchev–Trinajstić information content (AvgIpc) is 2.55. The van der Waals surface area contributed by atoms with Crippen molar-refractivity contribution >= 4 is 8.72 Å². The molecule has 1 rings (SSSR count). The van der Waals surface area contributed by atoms with Crippen molar-refractivity contribution in [2.24, 2.45) is 5.73 Å². The predicted molar refractivity (Wildman–Crippen MR) is 59.1 cm³/mol. The van der Waals surface area contributed by atoms with Gasteiger partial charge in [0.2, 0.25) is 0 Å². The van der Waals surface area contributed by atoms with E-state index in [0.29, 0.717) is 0 Å². The zero-order chi connectivity index (χ0) is 10.4. The minimum Gasteiger partial charge on any atom is -0.383 e. The van der Waals surface area contributed by atoms with Gasteiger partial charge in [-0.05, 0) is 26.4 Å². The van der Waals surface area contributed by atoms with Gasteiger partial charge in [-0.25, -0.2) is 0 Å². The Morgan fingerprint density at radius 2 is 2.36 bits per heavy atom. The topological polar surface area (TPSA) is 47.7 Å². The van der Waals surface area contributed by atoms with E-state index < -0.39 is 8.72 Å². The van der Waals surface area contributed by atoms with E-state index in [-0.39, 0.29) is 0 Å². The third-order valence-electron chi connectivity index (χ3n) is 2.56. The van der Waals surface area contributed by atoms with Crippen molar-refractivity contribution < 1.29 is 8.85 Å². The molecule has 1 unspecified atom stereocenters. The lowest BCUT2D eigenvalue weighted by atomic mass is 10.5. The predicted octanol–water partition coefficient (Wildman–Crippen LogP) is 0.663. The van der Waals surface area contributed by atoms with Crippen molar-refractivity contribution in [3.8, 4) is 0 Å². The van der Waals surface area contributed by atoms with Gasteiger partial charge in [0.1, 0.15) is 0 Å². The van der Waals surface area contributed by atoms with Gasteiger partial charge in [-0.15, -0.1) is 0 Å². The fourth-order valence-corrected chi connectivity index (χ4v) is 4.91. The van der Waals surface area contributed by atoms with Gasteiger partial charge in [0, 0.05) is 25.8 Å². The van der Waals surface area contributed by atoms with Crippen LogP contribution in [0, 0.1) is 0 Å². The van der Waals surface area contributed by atoms with E-state index in [0.717, 1.165) is 45.2 Å². The molecule has 1 saturated heterocycles. The maximum Gasteiger partial charge on any atom is 0.427 e. The molecule has 1 aliphatic rings. The first kappa shape index (κ1) is 12.1. The van der Waals surface area contributed by atoms with Gasteiger partial charge >= 0.3 is 8.72 Å². The molecule has 0 radical (unpaired) electrons. The van der Waals surface area contributed by atoms with Crippen LogP contribution in [0.3, 0.4) is 0 Å². The highest BCUT2D eigenvalue weighted by Gasteiger charge is 2.46. The molecule has 2 N–H and O–H groups in total. The normalized spacial score (nSPS) is 28.5. The summed E-state index contributed by atoms with van der Waals surface area (Å²) in [6.45, 7) is 5.47. The van der Waals surface area contributed by atoms with Crippen LogP contribution in [0.15, 0.2) is 0 Å². The zero-order valence-electron chi connectivity index (χ0n) is 9.29. The SMILES string of the molecule is CCCO[Si]1(CCCN)OCCN1C. The van der Waals surface area contributed by atoms with Gasteiger partial charge < -0.3 is 14.6 Å². The Hall–Kier alpha value is 0.0569. The summed E-state index contributed by atoms with van der Waals surface area (Å²) in [5.74, 6) is 0. The molecule has 1 aliphatic heterocycles. The molecular weight excluding hydrogens is 196 g/mol. The third-order valence-corrected chi connectivity index (χ3v) is 6.25. The van der Waals surface area contributed by atoms with Crippen LogP contribution in [0.5, 0.6) is 0 Å². The van der Waals surface area contributed by atoms with Crippen molar-refractivity contribution in [3.05, 3.63) is 0 Å².